The van der Waals surface area contributed by atoms with Crippen molar-refractivity contribution in [3.63, 3.8) is 0 Å². The first kappa shape index (κ1) is 16.6. The predicted octanol–water partition coefficient (Wildman–Crippen LogP) is 4.43. The lowest BCUT2D eigenvalue weighted by Gasteiger charge is -2.23. The molecule has 0 spiro atoms. The zero-order valence-electron chi connectivity index (χ0n) is 13.7. The molecular formula is C20H21NO2. The molecule has 0 N–H and O–H groups in total. The normalized spacial score (nSPS) is 10.4. The quantitative estimate of drug-likeness (QED) is 0.606. The van der Waals surface area contributed by atoms with E-state index in [1.165, 1.54) is 4.90 Å². The van der Waals surface area contributed by atoms with Gasteiger partial charge in [-0.15, -0.1) is 0 Å². The van der Waals surface area contributed by atoms with Gasteiger partial charge in [-0.1, -0.05) is 48.5 Å². The van der Waals surface area contributed by atoms with Crippen LogP contribution >= 0.6 is 0 Å². The van der Waals surface area contributed by atoms with Gasteiger partial charge in [0, 0.05) is 11.6 Å². The lowest BCUT2D eigenvalue weighted by atomic mass is 10.2. The molecule has 2 rings (SSSR count). The van der Waals surface area contributed by atoms with Gasteiger partial charge in [0.25, 0.3) is 0 Å². The van der Waals surface area contributed by atoms with Gasteiger partial charge in [0.1, 0.15) is 5.60 Å². The summed E-state index contributed by atoms with van der Waals surface area (Å²) in [6.45, 7) is 5.91. The third-order valence-corrected chi connectivity index (χ3v) is 2.91. The van der Waals surface area contributed by atoms with Gasteiger partial charge in [0.2, 0.25) is 0 Å². The molecule has 0 atom stereocenters. The maximum Gasteiger partial charge on any atom is 0.422 e. The van der Waals surface area contributed by atoms with Crippen molar-refractivity contribution in [1.29, 1.82) is 0 Å². The summed E-state index contributed by atoms with van der Waals surface area (Å²) >= 11 is 0. The van der Waals surface area contributed by atoms with Gasteiger partial charge in [-0.2, -0.15) is 0 Å². The van der Waals surface area contributed by atoms with Crippen LogP contribution in [-0.2, 0) is 11.3 Å². The molecule has 1 amide bonds. The Morgan fingerprint density at radius 3 is 2.13 bits per heavy atom. The Morgan fingerprint density at radius 2 is 1.57 bits per heavy atom. The van der Waals surface area contributed by atoms with Crippen LogP contribution in [0.1, 0.15) is 31.9 Å². The number of nitrogens with zero attached hydrogens (tertiary/aromatic N) is 1. The first-order chi connectivity index (χ1) is 10.9. The van der Waals surface area contributed by atoms with E-state index in [2.05, 4.69) is 12.0 Å². The molecule has 2 aromatic rings. The summed E-state index contributed by atoms with van der Waals surface area (Å²) in [4.78, 5) is 13.8. The van der Waals surface area contributed by atoms with Crippen LogP contribution in [0.3, 0.4) is 0 Å². The van der Waals surface area contributed by atoms with Gasteiger partial charge in [-0.05, 0) is 44.4 Å². The Balaban J connectivity index is 2.21. The predicted molar refractivity (Wildman–Crippen MR) is 91.5 cm³/mol. The fourth-order valence-electron chi connectivity index (χ4n) is 1.89. The van der Waals surface area contributed by atoms with Crippen LogP contribution in [0.15, 0.2) is 60.7 Å². The second-order valence-electron chi connectivity index (χ2n) is 6.15. The van der Waals surface area contributed by atoms with Crippen LogP contribution in [0.2, 0.25) is 0 Å². The van der Waals surface area contributed by atoms with Gasteiger partial charge in [0.05, 0.1) is 6.54 Å². The highest BCUT2D eigenvalue weighted by Crippen LogP contribution is 2.12. The summed E-state index contributed by atoms with van der Waals surface area (Å²) in [5.41, 5.74) is 1.30. The highest BCUT2D eigenvalue weighted by atomic mass is 16.6. The number of benzene rings is 2. The van der Waals surface area contributed by atoms with E-state index in [4.69, 9.17) is 4.74 Å². The van der Waals surface area contributed by atoms with Crippen LogP contribution in [0.5, 0.6) is 0 Å². The molecule has 0 aromatic heterocycles. The largest absolute Gasteiger partial charge is 0.443 e. The zero-order chi connectivity index (χ0) is 16.7. The Kier molecular flexibility index (Phi) is 5.43. The van der Waals surface area contributed by atoms with Crippen LogP contribution in [-0.4, -0.2) is 16.6 Å². The molecule has 23 heavy (non-hydrogen) atoms. The minimum Gasteiger partial charge on any atom is -0.443 e. The van der Waals surface area contributed by atoms with Crippen molar-refractivity contribution in [2.24, 2.45) is 0 Å². The minimum absolute atomic E-state index is 0.385. The summed E-state index contributed by atoms with van der Waals surface area (Å²) in [5, 5.41) is 0. The number of amides is 1. The molecule has 0 fully saturated rings. The number of carbonyl (C=O) groups is 1. The number of ether oxygens (including phenoxy) is 1. The molecule has 0 saturated heterocycles. The maximum atomic E-state index is 12.4. The summed E-state index contributed by atoms with van der Waals surface area (Å²) in [7, 11) is 0. The average molecular weight is 307 g/mol. The van der Waals surface area contributed by atoms with Crippen LogP contribution in [0, 0.1) is 12.0 Å². The molecule has 0 aliphatic carbocycles. The molecular weight excluding hydrogens is 286 g/mol. The molecule has 0 unspecified atom stereocenters. The highest BCUT2D eigenvalue weighted by Gasteiger charge is 2.21. The van der Waals surface area contributed by atoms with E-state index in [-0.39, 0.29) is 0 Å². The fraction of sp³-hybridized carbons (Fsp3) is 0.250. The summed E-state index contributed by atoms with van der Waals surface area (Å²) in [6, 6.07) is 22.2. The molecule has 0 bridgehead atoms. The van der Waals surface area contributed by atoms with E-state index in [0.29, 0.717) is 6.54 Å². The van der Waals surface area contributed by atoms with Gasteiger partial charge < -0.3 is 4.74 Å². The van der Waals surface area contributed by atoms with Crippen LogP contribution in [0.25, 0.3) is 0 Å². The molecule has 0 saturated carbocycles. The van der Waals surface area contributed by atoms with Crippen LogP contribution in [0.4, 0.5) is 4.79 Å². The fourth-order valence-corrected chi connectivity index (χ4v) is 1.89. The molecule has 0 aliphatic heterocycles. The summed E-state index contributed by atoms with van der Waals surface area (Å²) < 4.78 is 5.44. The smallest absolute Gasteiger partial charge is 0.422 e. The number of carbonyl (C=O) groups excluding carboxylic acids is 1. The van der Waals surface area contributed by atoms with Crippen molar-refractivity contribution in [2.45, 2.75) is 32.9 Å². The van der Waals surface area contributed by atoms with E-state index in [1.54, 1.807) is 0 Å². The van der Waals surface area contributed by atoms with Gasteiger partial charge in [-0.3, -0.25) is 0 Å². The van der Waals surface area contributed by atoms with Crippen molar-refractivity contribution in [3.05, 3.63) is 71.8 Å². The Hall–Kier alpha value is -2.73. The first-order valence-corrected chi connectivity index (χ1v) is 7.55. The summed E-state index contributed by atoms with van der Waals surface area (Å²) in [5.74, 6) is 3.01. The van der Waals surface area contributed by atoms with Gasteiger partial charge in [-0.25, -0.2) is 9.69 Å². The molecule has 0 radical (unpaired) electrons. The lowest BCUT2D eigenvalue weighted by Crippen LogP contribution is -2.33. The average Bonchev–Trinajstić information content (AvgIpc) is 2.51. The monoisotopic (exact) mass is 307 g/mol. The van der Waals surface area contributed by atoms with E-state index >= 15 is 0 Å². The molecule has 0 heterocycles. The van der Waals surface area contributed by atoms with Gasteiger partial charge in [0.15, 0.2) is 0 Å². The second kappa shape index (κ2) is 7.51. The van der Waals surface area contributed by atoms with E-state index in [1.807, 2.05) is 81.4 Å². The third-order valence-electron chi connectivity index (χ3n) is 2.91. The number of hydrogen-bond donors (Lipinski definition) is 0. The van der Waals surface area contributed by atoms with Crippen molar-refractivity contribution < 1.29 is 9.53 Å². The van der Waals surface area contributed by atoms with Crippen molar-refractivity contribution in [1.82, 2.24) is 4.90 Å². The molecule has 3 nitrogen and oxygen atoms in total. The van der Waals surface area contributed by atoms with Crippen molar-refractivity contribution in [3.8, 4) is 12.0 Å². The lowest BCUT2D eigenvalue weighted by molar-refractivity contribution is 0.0341. The Labute approximate surface area is 137 Å². The second-order valence-corrected chi connectivity index (χ2v) is 6.15. The third kappa shape index (κ3) is 5.88. The van der Waals surface area contributed by atoms with E-state index < -0.39 is 11.7 Å². The minimum atomic E-state index is -0.555. The van der Waals surface area contributed by atoms with Crippen molar-refractivity contribution >= 4 is 6.09 Å². The van der Waals surface area contributed by atoms with Gasteiger partial charge >= 0.3 is 6.09 Å². The SMILES string of the molecule is CC(C)(C)OC(=O)N(C#Cc1ccccc1)Cc1ccccc1. The molecule has 2 aromatic carbocycles. The van der Waals surface area contributed by atoms with E-state index in [9.17, 15) is 4.79 Å². The Morgan fingerprint density at radius 1 is 1.00 bits per heavy atom. The number of rotatable bonds is 2. The zero-order valence-corrected chi connectivity index (χ0v) is 13.7. The maximum absolute atomic E-state index is 12.4. The Bertz CT molecular complexity index is 691. The highest BCUT2D eigenvalue weighted by molar-refractivity contribution is 5.70. The summed E-state index contributed by atoms with van der Waals surface area (Å²) in [6.07, 6.45) is -0.440. The molecule has 0 aliphatic rings. The van der Waals surface area contributed by atoms with E-state index in [0.717, 1.165) is 11.1 Å². The standard InChI is InChI=1S/C20H21NO2/c1-20(2,3)23-19(22)21(16-18-12-8-5-9-13-18)15-14-17-10-6-4-7-11-17/h4-13H,16H2,1-3H3. The van der Waals surface area contributed by atoms with Crippen molar-refractivity contribution in [2.75, 3.05) is 0 Å². The number of hydrogen-bond acceptors (Lipinski definition) is 2. The topological polar surface area (TPSA) is 29.5 Å². The van der Waals surface area contributed by atoms with Crippen LogP contribution < -0.4 is 0 Å². The molecule has 3 heteroatoms. The molecule has 118 valence electrons. The first-order valence-electron chi connectivity index (χ1n) is 7.55.